The molecule has 0 aromatic carbocycles. The van der Waals surface area contributed by atoms with Crippen molar-refractivity contribution in [1.82, 2.24) is 5.32 Å². The van der Waals surface area contributed by atoms with E-state index >= 15 is 0 Å². The van der Waals surface area contributed by atoms with Gasteiger partial charge < -0.3 is 5.32 Å². The molecule has 2 unspecified atom stereocenters. The van der Waals surface area contributed by atoms with Crippen molar-refractivity contribution in [2.45, 2.75) is 79.7 Å². The largest absolute Gasteiger partial charge is 0.314 e. The van der Waals surface area contributed by atoms with Crippen LogP contribution in [0.2, 0.25) is 0 Å². The molecule has 108 valence electrons. The van der Waals surface area contributed by atoms with Gasteiger partial charge in [0.25, 0.3) is 0 Å². The molecular formula is C17H35N. The second-order valence-corrected chi connectivity index (χ2v) is 7.69. The second kappa shape index (κ2) is 6.93. The molecule has 1 N–H and O–H groups in total. The van der Waals surface area contributed by atoms with Gasteiger partial charge in [-0.2, -0.15) is 0 Å². The Morgan fingerprint density at radius 1 is 1.11 bits per heavy atom. The minimum Gasteiger partial charge on any atom is -0.314 e. The second-order valence-electron chi connectivity index (χ2n) is 7.69. The summed E-state index contributed by atoms with van der Waals surface area (Å²) in [6.07, 6.45) is 7.11. The molecule has 1 nitrogen and oxygen atoms in total. The van der Waals surface area contributed by atoms with Gasteiger partial charge in [-0.05, 0) is 49.0 Å². The van der Waals surface area contributed by atoms with Crippen molar-refractivity contribution < 1.29 is 0 Å². The highest BCUT2D eigenvalue weighted by Crippen LogP contribution is 2.35. The van der Waals surface area contributed by atoms with Crippen molar-refractivity contribution in [3.05, 3.63) is 0 Å². The Kier molecular flexibility index (Phi) is 6.17. The molecule has 1 fully saturated rings. The molecule has 0 spiro atoms. The maximum absolute atomic E-state index is 3.77. The summed E-state index contributed by atoms with van der Waals surface area (Å²) in [7, 11) is 0. The molecule has 1 heteroatoms. The predicted octanol–water partition coefficient (Wildman–Crippen LogP) is 4.86. The zero-order valence-corrected chi connectivity index (χ0v) is 13.6. The number of rotatable bonds is 5. The van der Waals surface area contributed by atoms with Crippen molar-refractivity contribution >= 4 is 0 Å². The summed E-state index contributed by atoms with van der Waals surface area (Å²) < 4.78 is 0. The molecule has 1 aliphatic carbocycles. The minimum absolute atomic E-state index is 0.440. The lowest BCUT2D eigenvalue weighted by molar-refractivity contribution is 0.166. The lowest BCUT2D eigenvalue weighted by Gasteiger charge is -2.37. The zero-order valence-electron chi connectivity index (χ0n) is 13.6. The summed E-state index contributed by atoms with van der Waals surface area (Å²) in [5, 5.41) is 3.77. The topological polar surface area (TPSA) is 12.0 Å². The Labute approximate surface area is 115 Å². The molecule has 18 heavy (non-hydrogen) atoms. The van der Waals surface area contributed by atoms with Crippen LogP contribution in [0.15, 0.2) is 0 Å². The first-order valence-electron chi connectivity index (χ1n) is 8.08. The first-order chi connectivity index (χ1) is 8.34. The first-order valence-corrected chi connectivity index (χ1v) is 8.08. The Morgan fingerprint density at radius 2 is 1.67 bits per heavy atom. The van der Waals surface area contributed by atoms with E-state index in [0.717, 1.165) is 30.3 Å². The van der Waals surface area contributed by atoms with Gasteiger partial charge in [-0.1, -0.05) is 54.4 Å². The molecule has 0 heterocycles. The number of hydrogen-bond acceptors (Lipinski definition) is 1. The van der Waals surface area contributed by atoms with Gasteiger partial charge in [-0.25, -0.2) is 0 Å². The predicted molar refractivity (Wildman–Crippen MR) is 81.8 cm³/mol. The van der Waals surface area contributed by atoms with Gasteiger partial charge in [-0.15, -0.1) is 0 Å². The average molecular weight is 253 g/mol. The monoisotopic (exact) mass is 253 g/mol. The van der Waals surface area contributed by atoms with E-state index in [-0.39, 0.29) is 0 Å². The Morgan fingerprint density at radius 3 is 2.11 bits per heavy atom. The van der Waals surface area contributed by atoms with Gasteiger partial charge in [0.2, 0.25) is 0 Å². The molecule has 0 bridgehead atoms. The van der Waals surface area contributed by atoms with Gasteiger partial charge in [-0.3, -0.25) is 0 Å². The van der Waals surface area contributed by atoms with Crippen molar-refractivity contribution in [3.8, 4) is 0 Å². The van der Waals surface area contributed by atoms with Gasteiger partial charge in [0.05, 0.1) is 0 Å². The fraction of sp³-hybridized carbons (Fsp3) is 1.00. The summed E-state index contributed by atoms with van der Waals surface area (Å²) >= 11 is 0. The van der Waals surface area contributed by atoms with Crippen LogP contribution in [0.4, 0.5) is 0 Å². The van der Waals surface area contributed by atoms with Crippen LogP contribution in [0.25, 0.3) is 0 Å². The number of nitrogens with one attached hydrogen (secondary N) is 1. The highest BCUT2D eigenvalue weighted by Gasteiger charge is 2.29. The SMILES string of the molecule is CCNC(CC(C)C(C)(C)C)C1CCC(C)CC1. The smallest absolute Gasteiger partial charge is 0.00979 e. The minimum atomic E-state index is 0.440. The molecule has 0 radical (unpaired) electrons. The van der Waals surface area contributed by atoms with Gasteiger partial charge in [0.1, 0.15) is 0 Å². The summed E-state index contributed by atoms with van der Waals surface area (Å²) in [5.74, 6) is 2.68. The molecular weight excluding hydrogens is 218 g/mol. The lowest BCUT2D eigenvalue weighted by Crippen LogP contribution is -2.40. The van der Waals surface area contributed by atoms with Gasteiger partial charge in [0.15, 0.2) is 0 Å². The maximum Gasteiger partial charge on any atom is 0.00979 e. The standard InChI is InChI=1S/C17H35N/c1-7-18-16(12-14(3)17(4,5)6)15-10-8-13(2)9-11-15/h13-16,18H,7-12H2,1-6H3. The summed E-state index contributed by atoms with van der Waals surface area (Å²) in [5.41, 5.74) is 0.440. The molecule has 0 aromatic rings. The summed E-state index contributed by atoms with van der Waals surface area (Å²) in [6.45, 7) is 15.3. The third kappa shape index (κ3) is 4.91. The molecule has 0 amide bonds. The van der Waals surface area contributed by atoms with Gasteiger partial charge >= 0.3 is 0 Å². The van der Waals surface area contributed by atoms with E-state index < -0.39 is 0 Å². The van der Waals surface area contributed by atoms with Crippen LogP contribution in [-0.2, 0) is 0 Å². The van der Waals surface area contributed by atoms with E-state index in [9.17, 15) is 0 Å². The molecule has 1 rings (SSSR count). The molecule has 2 atom stereocenters. The summed E-state index contributed by atoms with van der Waals surface area (Å²) in [6, 6.07) is 0.747. The zero-order chi connectivity index (χ0) is 13.8. The van der Waals surface area contributed by atoms with Crippen LogP contribution < -0.4 is 5.32 Å². The van der Waals surface area contributed by atoms with Crippen molar-refractivity contribution in [3.63, 3.8) is 0 Å². The third-order valence-electron chi connectivity index (χ3n) is 5.18. The van der Waals surface area contributed by atoms with E-state index in [2.05, 4.69) is 46.9 Å². The Hall–Kier alpha value is -0.0400. The van der Waals surface area contributed by atoms with E-state index in [4.69, 9.17) is 0 Å². The highest BCUT2D eigenvalue weighted by atomic mass is 14.9. The van der Waals surface area contributed by atoms with Crippen LogP contribution in [0.3, 0.4) is 0 Å². The van der Waals surface area contributed by atoms with E-state index in [0.29, 0.717) is 5.41 Å². The molecule has 1 aliphatic rings. The van der Waals surface area contributed by atoms with Crippen molar-refractivity contribution in [2.75, 3.05) is 6.54 Å². The highest BCUT2D eigenvalue weighted by molar-refractivity contribution is 4.84. The van der Waals surface area contributed by atoms with Gasteiger partial charge in [0, 0.05) is 6.04 Å². The molecule has 0 aromatic heterocycles. The van der Waals surface area contributed by atoms with Crippen LogP contribution in [0.1, 0.15) is 73.6 Å². The Balaban J connectivity index is 2.54. The maximum atomic E-state index is 3.77. The van der Waals surface area contributed by atoms with Crippen molar-refractivity contribution in [2.24, 2.45) is 23.2 Å². The number of hydrogen-bond donors (Lipinski definition) is 1. The summed E-state index contributed by atoms with van der Waals surface area (Å²) in [4.78, 5) is 0. The van der Waals surface area contributed by atoms with E-state index in [1.54, 1.807) is 0 Å². The normalized spacial score (nSPS) is 29.0. The molecule has 0 saturated heterocycles. The van der Waals surface area contributed by atoms with Crippen LogP contribution in [0, 0.1) is 23.2 Å². The van der Waals surface area contributed by atoms with E-state index in [1.807, 2.05) is 0 Å². The van der Waals surface area contributed by atoms with Crippen LogP contribution >= 0.6 is 0 Å². The van der Waals surface area contributed by atoms with E-state index in [1.165, 1.54) is 32.1 Å². The van der Waals surface area contributed by atoms with Crippen molar-refractivity contribution in [1.29, 1.82) is 0 Å². The Bertz CT molecular complexity index is 220. The van der Waals surface area contributed by atoms with Crippen LogP contribution in [0.5, 0.6) is 0 Å². The lowest BCUT2D eigenvalue weighted by atomic mass is 9.72. The molecule has 1 saturated carbocycles. The quantitative estimate of drug-likeness (QED) is 0.737. The molecule has 0 aliphatic heterocycles. The average Bonchev–Trinajstić information content (AvgIpc) is 2.28. The fourth-order valence-electron chi connectivity index (χ4n) is 3.13. The third-order valence-corrected chi connectivity index (χ3v) is 5.18. The van der Waals surface area contributed by atoms with Crippen LogP contribution in [-0.4, -0.2) is 12.6 Å². The fourth-order valence-corrected chi connectivity index (χ4v) is 3.13. The first kappa shape index (κ1) is 16.0.